The normalized spacial score (nSPS) is 18.9. The van der Waals surface area contributed by atoms with Crippen LogP contribution in [-0.2, 0) is 11.2 Å². The third-order valence-electron chi connectivity index (χ3n) is 3.51. The van der Waals surface area contributed by atoms with Crippen molar-refractivity contribution < 1.29 is 9.84 Å². The summed E-state index contributed by atoms with van der Waals surface area (Å²) in [7, 11) is 0. The third kappa shape index (κ3) is 3.03. The van der Waals surface area contributed by atoms with Crippen LogP contribution < -0.4 is 5.32 Å². The summed E-state index contributed by atoms with van der Waals surface area (Å²) >= 11 is 0. The molecule has 18 heavy (non-hydrogen) atoms. The molecule has 3 heteroatoms. The van der Waals surface area contributed by atoms with E-state index in [4.69, 9.17) is 4.74 Å². The predicted octanol–water partition coefficient (Wildman–Crippen LogP) is 2.78. The number of phenols is 1. The maximum Gasteiger partial charge on any atom is 0.115 e. The van der Waals surface area contributed by atoms with E-state index in [0.29, 0.717) is 11.8 Å². The average Bonchev–Trinajstić information content (AvgIpc) is 2.68. The highest BCUT2D eigenvalue weighted by Gasteiger charge is 2.25. The van der Waals surface area contributed by atoms with Crippen molar-refractivity contribution >= 4 is 0 Å². The van der Waals surface area contributed by atoms with Gasteiger partial charge in [0.2, 0.25) is 0 Å². The summed E-state index contributed by atoms with van der Waals surface area (Å²) in [6, 6.07) is 6.07. The first-order valence-corrected chi connectivity index (χ1v) is 6.71. The lowest BCUT2D eigenvalue weighted by Crippen LogP contribution is -2.38. The van der Waals surface area contributed by atoms with Crippen molar-refractivity contribution in [3.63, 3.8) is 0 Å². The monoisotopic (exact) mass is 249 g/mol. The second kappa shape index (κ2) is 5.29. The van der Waals surface area contributed by atoms with Gasteiger partial charge in [-0.3, -0.25) is 0 Å². The number of hydrogen-bond acceptors (Lipinski definition) is 3. The van der Waals surface area contributed by atoms with Gasteiger partial charge in [-0.15, -0.1) is 0 Å². The number of aromatic hydroxyl groups is 1. The molecule has 2 rings (SSSR count). The van der Waals surface area contributed by atoms with E-state index in [2.05, 4.69) is 19.2 Å². The molecule has 0 spiro atoms. The fraction of sp³-hybridized carbons (Fsp3) is 0.600. The van der Waals surface area contributed by atoms with Crippen LogP contribution in [0.4, 0.5) is 0 Å². The van der Waals surface area contributed by atoms with E-state index in [1.807, 2.05) is 19.1 Å². The summed E-state index contributed by atoms with van der Waals surface area (Å²) in [5, 5.41) is 13.0. The molecule has 0 bridgehead atoms. The number of aryl methyl sites for hydroxylation is 1. The average molecular weight is 249 g/mol. The van der Waals surface area contributed by atoms with Crippen molar-refractivity contribution in [1.29, 1.82) is 0 Å². The Labute approximate surface area is 109 Å². The number of rotatable bonds is 5. The van der Waals surface area contributed by atoms with Gasteiger partial charge in [0.25, 0.3) is 0 Å². The van der Waals surface area contributed by atoms with E-state index in [-0.39, 0.29) is 5.60 Å². The Kier molecular flexibility index (Phi) is 3.93. The minimum absolute atomic E-state index is 0.131. The largest absolute Gasteiger partial charge is 0.508 e. The smallest absolute Gasteiger partial charge is 0.115 e. The molecule has 3 nitrogen and oxygen atoms in total. The SMILES string of the molecule is CCOC(C)(C)CNC1CCc2cc(O)ccc21. The molecular formula is C15H23NO2. The van der Waals surface area contributed by atoms with Gasteiger partial charge in [-0.1, -0.05) is 6.07 Å². The molecule has 2 N–H and O–H groups in total. The Morgan fingerprint density at radius 1 is 1.44 bits per heavy atom. The summed E-state index contributed by atoms with van der Waals surface area (Å²) in [5.74, 6) is 0.365. The summed E-state index contributed by atoms with van der Waals surface area (Å²) in [5.41, 5.74) is 2.45. The van der Waals surface area contributed by atoms with Crippen LogP contribution in [0.1, 0.15) is 44.4 Å². The molecule has 1 atom stereocenters. The maximum atomic E-state index is 9.47. The van der Waals surface area contributed by atoms with Crippen molar-refractivity contribution in [3.8, 4) is 5.75 Å². The molecule has 1 aromatic rings. The zero-order valence-corrected chi connectivity index (χ0v) is 11.5. The second-order valence-corrected chi connectivity index (χ2v) is 5.55. The minimum Gasteiger partial charge on any atom is -0.508 e. The molecule has 1 unspecified atom stereocenters. The van der Waals surface area contributed by atoms with Crippen molar-refractivity contribution in [2.45, 2.75) is 45.3 Å². The third-order valence-corrected chi connectivity index (χ3v) is 3.51. The summed E-state index contributed by atoms with van der Waals surface area (Å²) in [6.45, 7) is 7.82. The fourth-order valence-electron chi connectivity index (χ4n) is 2.63. The molecular weight excluding hydrogens is 226 g/mol. The summed E-state index contributed by atoms with van der Waals surface area (Å²) in [4.78, 5) is 0. The Hall–Kier alpha value is -1.06. The number of phenolic OH excluding ortho intramolecular Hbond substituents is 1. The van der Waals surface area contributed by atoms with Gasteiger partial charge in [-0.2, -0.15) is 0 Å². The van der Waals surface area contributed by atoms with Crippen LogP contribution in [0.2, 0.25) is 0 Å². The zero-order valence-electron chi connectivity index (χ0n) is 11.5. The van der Waals surface area contributed by atoms with Gasteiger partial charge < -0.3 is 15.2 Å². The Morgan fingerprint density at radius 3 is 2.94 bits per heavy atom. The van der Waals surface area contributed by atoms with E-state index >= 15 is 0 Å². The molecule has 0 amide bonds. The Balaban J connectivity index is 1.98. The molecule has 0 heterocycles. The molecule has 0 aromatic heterocycles. The van der Waals surface area contributed by atoms with Crippen LogP contribution in [0.3, 0.4) is 0 Å². The zero-order chi connectivity index (χ0) is 13.2. The lowest BCUT2D eigenvalue weighted by atomic mass is 10.1. The predicted molar refractivity (Wildman–Crippen MR) is 72.9 cm³/mol. The second-order valence-electron chi connectivity index (χ2n) is 5.55. The molecule has 0 saturated carbocycles. The molecule has 0 aliphatic heterocycles. The van der Waals surface area contributed by atoms with Gasteiger partial charge in [0, 0.05) is 19.2 Å². The minimum atomic E-state index is -0.131. The van der Waals surface area contributed by atoms with Gasteiger partial charge >= 0.3 is 0 Å². The highest BCUT2D eigenvalue weighted by molar-refractivity contribution is 5.40. The first-order chi connectivity index (χ1) is 8.52. The topological polar surface area (TPSA) is 41.5 Å². The van der Waals surface area contributed by atoms with Crippen LogP contribution in [0, 0.1) is 0 Å². The van der Waals surface area contributed by atoms with E-state index in [1.165, 1.54) is 11.1 Å². The number of nitrogens with one attached hydrogen (secondary N) is 1. The van der Waals surface area contributed by atoms with E-state index in [1.54, 1.807) is 6.07 Å². The first-order valence-electron chi connectivity index (χ1n) is 6.71. The van der Waals surface area contributed by atoms with Crippen LogP contribution in [0.15, 0.2) is 18.2 Å². The van der Waals surface area contributed by atoms with Crippen molar-refractivity contribution in [3.05, 3.63) is 29.3 Å². The van der Waals surface area contributed by atoms with Gasteiger partial charge in [-0.05, 0) is 56.9 Å². The molecule has 0 saturated heterocycles. The van der Waals surface area contributed by atoms with Gasteiger partial charge in [0.15, 0.2) is 0 Å². The molecule has 100 valence electrons. The van der Waals surface area contributed by atoms with Crippen molar-refractivity contribution in [2.24, 2.45) is 0 Å². The van der Waals surface area contributed by atoms with Crippen LogP contribution in [-0.4, -0.2) is 23.9 Å². The first kappa shape index (κ1) is 13.4. The van der Waals surface area contributed by atoms with Gasteiger partial charge in [0.1, 0.15) is 5.75 Å². The molecule has 1 aliphatic rings. The lowest BCUT2D eigenvalue weighted by molar-refractivity contribution is -0.0106. The number of fused-ring (bicyclic) bond motifs is 1. The van der Waals surface area contributed by atoms with Crippen LogP contribution in [0.25, 0.3) is 0 Å². The summed E-state index contributed by atoms with van der Waals surface area (Å²) in [6.07, 6.45) is 2.14. The van der Waals surface area contributed by atoms with E-state index < -0.39 is 0 Å². The molecule has 1 aromatic carbocycles. The van der Waals surface area contributed by atoms with E-state index in [9.17, 15) is 5.11 Å². The number of benzene rings is 1. The lowest BCUT2D eigenvalue weighted by Gasteiger charge is -2.27. The highest BCUT2D eigenvalue weighted by atomic mass is 16.5. The van der Waals surface area contributed by atoms with Gasteiger partial charge in [0.05, 0.1) is 5.60 Å². The highest BCUT2D eigenvalue weighted by Crippen LogP contribution is 2.33. The quantitative estimate of drug-likeness (QED) is 0.843. The Bertz CT molecular complexity index is 415. The standard InChI is InChI=1S/C15H23NO2/c1-4-18-15(2,3)10-16-14-8-5-11-9-12(17)6-7-13(11)14/h6-7,9,14,16-17H,4-5,8,10H2,1-3H3. The Morgan fingerprint density at radius 2 is 2.22 bits per heavy atom. The van der Waals surface area contributed by atoms with Crippen molar-refractivity contribution in [1.82, 2.24) is 5.32 Å². The summed E-state index contributed by atoms with van der Waals surface area (Å²) < 4.78 is 5.69. The van der Waals surface area contributed by atoms with Crippen LogP contribution >= 0.6 is 0 Å². The van der Waals surface area contributed by atoms with Gasteiger partial charge in [-0.25, -0.2) is 0 Å². The molecule has 1 aliphatic carbocycles. The maximum absolute atomic E-state index is 9.47. The number of hydrogen-bond donors (Lipinski definition) is 2. The fourth-order valence-corrected chi connectivity index (χ4v) is 2.63. The van der Waals surface area contributed by atoms with Crippen molar-refractivity contribution in [2.75, 3.05) is 13.2 Å². The molecule has 0 radical (unpaired) electrons. The van der Waals surface area contributed by atoms with Crippen LogP contribution in [0.5, 0.6) is 5.75 Å². The van der Waals surface area contributed by atoms with E-state index in [0.717, 1.165) is 26.0 Å². The number of ether oxygens (including phenoxy) is 1. The molecule has 0 fully saturated rings.